The van der Waals surface area contributed by atoms with Crippen molar-refractivity contribution in [1.82, 2.24) is 5.32 Å². The molecule has 0 spiro atoms. The van der Waals surface area contributed by atoms with Gasteiger partial charge in [-0.15, -0.1) is 0 Å². The fraction of sp³-hybridized carbons (Fsp3) is 0.462. The van der Waals surface area contributed by atoms with Crippen LogP contribution in [-0.4, -0.2) is 42.5 Å². The number of hydrogen-bond acceptors (Lipinski definition) is 5. The van der Waals surface area contributed by atoms with Crippen molar-refractivity contribution in [2.45, 2.75) is 13.5 Å². The Hall–Kier alpha value is -1.79. The number of carboxylic acids is 1. The van der Waals surface area contributed by atoms with Gasteiger partial charge in [0.1, 0.15) is 0 Å². The average molecular weight is 269 g/mol. The van der Waals surface area contributed by atoms with Gasteiger partial charge in [0.05, 0.1) is 13.2 Å². The van der Waals surface area contributed by atoms with Crippen LogP contribution >= 0.6 is 0 Å². The van der Waals surface area contributed by atoms with Gasteiger partial charge in [0.2, 0.25) is 0 Å². The van der Waals surface area contributed by atoms with Gasteiger partial charge in [-0.3, -0.25) is 0 Å². The van der Waals surface area contributed by atoms with Crippen LogP contribution in [0.3, 0.4) is 0 Å². The Morgan fingerprint density at radius 1 is 1.32 bits per heavy atom. The minimum atomic E-state index is -1.03. The van der Waals surface area contributed by atoms with E-state index < -0.39 is 12.6 Å². The molecule has 0 atom stereocenters. The minimum Gasteiger partial charge on any atom is -0.490 e. The lowest BCUT2D eigenvalue weighted by molar-refractivity contribution is -0.139. The smallest absolute Gasteiger partial charge is 0.341 e. The number of aliphatic hydroxyl groups excluding tert-OH is 1. The number of hydrogen-bond donors (Lipinski definition) is 3. The van der Waals surface area contributed by atoms with Crippen molar-refractivity contribution in [3.63, 3.8) is 0 Å². The van der Waals surface area contributed by atoms with Gasteiger partial charge < -0.3 is 25.0 Å². The molecule has 6 nitrogen and oxygen atoms in total. The molecule has 1 aromatic rings. The molecule has 0 fully saturated rings. The van der Waals surface area contributed by atoms with Crippen molar-refractivity contribution in [3.8, 4) is 11.5 Å². The summed E-state index contributed by atoms with van der Waals surface area (Å²) >= 11 is 0. The second kappa shape index (κ2) is 8.34. The van der Waals surface area contributed by atoms with Gasteiger partial charge in [-0.05, 0) is 24.6 Å². The van der Waals surface area contributed by atoms with Gasteiger partial charge in [0.25, 0.3) is 0 Å². The highest BCUT2D eigenvalue weighted by Crippen LogP contribution is 2.28. The highest BCUT2D eigenvalue weighted by atomic mass is 16.5. The zero-order valence-corrected chi connectivity index (χ0v) is 10.9. The standard InChI is InChI=1S/C13H19NO5/c1-2-18-12-7-10(8-14-5-6-15)3-4-11(12)19-9-13(16)17/h3-4,7,14-15H,2,5-6,8-9H2,1H3,(H,16,17). The van der Waals surface area contributed by atoms with Crippen molar-refractivity contribution in [3.05, 3.63) is 23.8 Å². The Morgan fingerprint density at radius 3 is 2.74 bits per heavy atom. The van der Waals surface area contributed by atoms with Gasteiger partial charge in [-0.1, -0.05) is 6.07 Å². The number of ether oxygens (including phenoxy) is 2. The summed E-state index contributed by atoms with van der Waals surface area (Å²) in [5.41, 5.74) is 0.972. The molecule has 3 N–H and O–H groups in total. The first-order valence-electron chi connectivity index (χ1n) is 6.09. The Labute approximate surface area is 112 Å². The predicted molar refractivity (Wildman–Crippen MR) is 69.5 cm³/mol. The zero-order valence-electron chi connectivity index (χ0n) is 10.9. The molecule has 0 saturated heterocycles. The molecule has 106 valence electrons. The van der Waals surface area contributed by atoms with E-state index in [9.17, 15) is 4.79 Å². The number of aliphatic carboxylic acids is 1. The van der Waals surface area contributed by atoms with Crippen molar-refractivity contribution in [1.29, 1.82) is 0 Å². The molecule has 0 aliphatic heterocycles. The first-order chi connectivity index (χ1) is 9.17. The molecule has 1 rings (SSSR count). The number of aliphatic hydroxyl groups is 1. The first kappa shape index (κ1) is 15.3. The van der Waals surface area contributed by atoms with Gasteiger partial charge in [0.15, 0.2) is 18.1 Å². The van der Waals surface area contributed by atoms with E-state index in [1.54, 1.807) is 12.1 Å². The third-order valence-corrected chi connectivity index (χ3v) is 2.28. The maximum absolute atomic E-state index is 10.5. The average Bonchev–Trinajstić information content (AvgIpc) is 2.38. The lowest BCUT2D eigenvalue weighted by Crippen LogP contribution is -2.17. The fourth-order valence-electron chi connectivity index (χ4n) is 1.50. The monoisotopic (exact) mass is 269 g/mol. The second-order valence-electron chi connectivity index (χ2n) is 3.80. The fourth-order valence-corrected chi connectivity index (χ4v) is 1.50. The molecular formula is C13H19NO5. The van der Waals surface area contributed by atoms with Crippen LogP contribution in [0.5, 0.6) is 11.5 Å². The largest absolute Gasteiger partial charge is 0.490 e. The molecule has 0 aliphatic rings. The van der Waals surface area contributed by atoms with Crippen molar-refractivity contribution < 1.29 is 24.5 Å². The molecule has 0 radical (unpaired) electrons. The zero-order chi connectivity index (χ0) is 14.1. The SMILES string of the molecule is CCOc1cc(CNCCO)ccc1OCC(=O)O. The number of carbonyl (C=O) groups is 1. The Balaban J connectivity index is 2.72. The number of benzene rings is 1. The van der Waals surface area contributed by atoms with Crippen LogP contribution in [-0.2, 0) is 11.3 Å². The van der Waals surface area contributed by atoms with E-state index in [1.165, 1.54) is 0 Å². The summed E-state index contributed by atoms with van der Waals surface area (Å²) in [4.78, 5) is 10.5. The Morgan fingerprint density at radius 2 is 2.11 bits per heavy atom. The van der Waals surface area contributed by atoms with Gasteiger partial charge in [-0.25, -0.2) is 4.79 Å². The van der Waals surface area contributed by atoms with Gasteiger partial charge >= 0.3 is 5.97 Å². The molecule has 1 aromatic carbocycles. The third kappa shape index (κ3) is 5.58. The van der Waals surface area contributed by atoms with Gasteiger partial charge in [-0.2, -0.15) is 0 Å². The summed E-state index contributed by atoms with van der Waals surface area (Å²) in [6, 6.07) is 5.30. The Bertz CT molecular complexity index is 408. The quantitative estimate of drug-likeness (QED) is 0.570. The van der Waals surface area contributed by atoms with Crippen molar-refractivity contribution in [2.75, 3.05) is 26.4 Å². The molecule has 0 aromatic heterocycles. The topological polar surface area (TPSA) is 88.0 Å². The Kier molecular flexibility index (Phi) is 6.70. The number of rotatable bonds is 9. The predicted octanol–water partition coefficient (Wildman–Crippen LogP) is 0.631. The second-order valence-corrected chi connectivity index (χ2v) is 3.80. The maximum atomic E-state index is 10.5. The minimum absolute atomic E-state index is 0.0815. The molecule has 0 aliphatic carbocycles. The van der Waals surface area contributed by atoms with Crippen LogP contribution in [0.15, 0.2) is 18.2 Å². The van der Waals surface area contributed by atoms with Gasteiger partial charge in [0, 0.05) is 13.1 Å². The molecule has 0 heterocycles. The van der Waals surface area contributed by atoms with E-state index >= 15 is 0 Å². The molecule has 19 heavy (non-hydrogen) atoms. The molecule has 0 amide bonds. The highest BCUT2D eigenvalue weighted by molar-refractivity contribution is 5.68. The van der Waals surface area contributed by atoms with Crippen LogP contribution < -0.4 is 14.8 Å². The summed E-state index contributed by atoms with van der Waals surface area (Å²) in [6.45, 7) is 3.11. The van der Waals surface area contributed by atoms with Crippen molar-refractivity contribution in [2.24, 2.45) is 0 Å². The summed E-state index contributed by atoms with van der Waals surface area (Å²) in [7, 11) is 0. The molecule has 0 unspecified atom stereocenters. The third-order valence-electron chi connectivity index (χ3n) is 2.28. The van der Waals surface area contributed by atoms with Crippen LogP contribution in [0, 0.1) is 0 Å². The molecule has 6 heteroatoms. The maximum Gasteiger partial charge on any atom is 0.341 e. The van der Waals surface area contributed by atoms with E-state index in [2.05, 4.69) is 5.32 Å². The molecule has 0 saturated carbocycles. The molecule has 0 bridgehead atoms. The van der Waals surface area contributed by atoms with E-state index in [4.69, 9.17) is 19.7 Å². The highest BCUT2D eigenvalue weighted by Gasteiger charge is 2.08. The summed E-state index contributed by atoms with van der Waals surface area (Å²) in [6.07, 6.45) is 0. The van der Waals surface area contributed by atoms with E-state index in [1.807, 2.05) is 13.0 Å². The van der Waals surface area contributed by atoms with Crippen LogP contribution in [0.25, 0.3) is 0 Å². The lowest BCUT2D eigenvalue weighted by atomic mass is 10.2. The summed E-state index contributed by atoms with van der Waals surface area (Å²) in [5, 5.41) is 20.3. The number of nitrogens with one attached hydrogen (secondary N) is 1. The first-order valence-corrected chi connectivity index (χ1v) is 6.09. The van der Waals surface area contributed by atoms with Crippen LogP contribution in [0.2, 0.25) is 0 Å². The van der Waals surface area contributed by atoms with Crippen LogP contribution in [0.4, 0.5) is 0 Å². The van der Waals surface area contributed by atoms with E-state index in [0.29, 0.717) is 31.2 Å². The summed E-state index contributed by atoms with van der Waals surface area (Å²) < 4.78 is 10.6. The van der Waals surface area contributed by atoms with Crippen molar-refractivity contribution >= 4 is 5.97 Å². The summed E-state index contributed by atoms with van der Waals surface area (Å²) in [5.74, 6) is -0.0988. The van der Waals surface area contributed by atoms with E-state index in [-0.39, 0.29) is 6.61 Å². The normalized spacial score (nSPS) is 10.2. The molecular weight excluding hydrogens is 250 g/mol. The van der Waals surface area contributed by atoms with E-state index in [0.717, 1.165) is 5.56 Å². The lowest BCUT2D eigenvalue weighted by Gasteiger charge is -2.12. The number of carboxylic acid groups (broad SMARTS) is 1. The van der Waals surface area contributed by atoms with Crippen LogP contribution in [0.1, 0.15) is 12.5 Å².